The largest absolute Gasteiger partial charge is 0.0996 e. The molecule has 10 heavy (non-hydrogen) atoms. The van der Waals surface area contributed by atoms with Crippen molar-refractivity contribution in [1.29, 1.82) is 0 Å². The summed E-state index contributed by atoms with van der Waals surface area (Å²) in [6, 6.07) is 0. The molecule has 1 rings (SSSR count). The quantitative estimate of drug-likeness (QED) is 0.382. The number of allylic oxidation sites excluding steroid dienone is 1. The van der Waals surface area contributed by atoms with Crippen LogP contribution in [0.25, 0.3) is 0 Å². The first-order valence-electron chi connectivity index (χ1n) is 3.81. The molecule has 0 spiro atoms. The Morgan fingerprint density at radius 2 is 1.90 bits per heavy atom. The van der Waals surface area contributed by atoms with E-state index in [1.807, 2.05) is 0 Å². The van der Waals surface area contributed by atoms with E-state index in [0.717, 1.165) is 12.8 Å². The zero-order valence-electron chi connectivity index (χ0n) is 6.68. The summed E-state index contributed by atoms with van der Waals surface area (Å²) >= 11 is 5.22. The van der Waals surface area contributed by atoms with Gasteiger partial charge in [-0.1, -0.05) is 38.2 Å². The van der Waals surface area contributed by atoms with Gasteiger partial charge in [-0.3, -0.25) is 0 Å². The molecule has 0 amide bonds. The molecule has 0 N–H and O–H groups in total. The number of rotatable bonds is 0. The highest BCUT2D eigenvalue weighted by molar-refractivity contribution is 7.80. The van der Waals surface area contributed by atoms with Gasteiger partial charge in [0.1, 0.15) is 0 Å². The van der Waals surface area contributed by atoms with Crippen molar-refractivity contribution in [2.24, 2.45) is 11.8 Å². The van der Waals surface area contributed by atoms with Gasteiger partial charge in [-0.2, -0.15) is 0 Å². The van der Waals surface area contributed by atoms with Gasteiger partial charge in [0, 0.05) is 0 Å². The summed E-state index contributed by atoms with van der Waals surface area (Å²) in [6.45, 7) is 8.42. The minimum absolute atomic E-state index is 0.596. The summed E-state index contributed by atoms with van der Waals surface area (Å²) in [5.74, 6) is 1.22. The molecule has 2 unspecified atom stereocenters. The zero-order chi connectivity index (χ0) is 7.72. The van der Waals surface area contributed by atoms with Crippen molar-refractivity contribution in [2.45, 2.75) is 26.7 Å². The van der Waals surface area contributed by atoms with Crippen molar-refractivity contribution in [3.05, 3.63) is 12.2 Å². The van der Waals surface area contributed by atoms with Gasteiger partial charge in [0.15, 0.2) is 0 Å². The number of hydrogen-bond acceptors (Lipinski definition) is 1. The predicted molar refractivity (Wildman–Crippen MR) is 49.3 cm³/mol. The Labute approximate surface area is 68.3 Å². The average molecular weight is 154 g/mol. The lowest BCUT2D eigenvalue weighted by atomic mass is 9.80. The van der Waals surface area contributed by atoms with Crippen LogP contribution in [0.5, 0.6) is 0 Å². The van der Waals surface area contributed by atoms with E-state index in [0.29, 0.717) is 11.8 Å². The molecule has 0 aromatic rings. The van der Waals surface area contributed by atoms with E-state index >= 15 is 0 Å². The third kappa shape index (κ3) is 1.46. The van der Waals surface area contributed by atoms with Crippen LogP contribution in [0.3, 0.4) is 0 Å². The third-order valence-electron chi connectivity index (χ3n) is 2.32. The molecule has 0 aromatic heterocycles. The van der Waals surface area contributed by atoms with E-state index in [4.69, 9.17) is 12.2 Å². The van der Waals surface area contributed by atoms with Crippen LogP contribution in [-0.4, -0.2) is 4.86 Å². The van der Waals surface area contributed by atoms with E-state index in [-0.39, 0.29) is 0 Å². The molecule has 0 nitrogen and oxygen atoms in total. The molecule has 1 aliphatic carbocycles. The first-order chi connectivity index (χ1) is 4.61. The van der Waals surface area contributed by atoms with Crippen LogP contribution in [0.4, 0.5) is 0 Å². The number of thiocarbonyl (C=S) groups is 1. The minimum atomic E-state index is 0.596. The smallest absolute Gasteiger partial charge is 0.00343 e. The Hall–Kier alpha value is -0.170. The van der Waals surface area contributed by atoms with Gasteiger partial charge in [-0.15, -0.1) is 0 Å². The summed E-state index contributed by atoms with van der Waals surface area (Å²) in [7, 11) is 0. The van der Waals surface area contributed by atoms with Crippen molar-refractivity contribution >= 4 is 17.1 Å². The van der Waals surface area contributed by atoms with Crippen molar-refractivity contribution < 1.29 is 0 Å². The normalized spacial score (nSPS) is 34.6. The lowest BCUT2D eigenvalue weighted by Crippen LogP contribution is -2.21. The average Bonchev–Trinajstić information content (AvgIpc) is 1.84. The Morgan fingerprint density at radius 1 is 1.30 bits per heavy atom. The van der Waals surface area contributed by atoms with Gasteiger partial charge < -0.3 is 0 Å². The van der Waals surface area contributed by atoms with Crippen molar-refractivity contribution in [2.75, 3.05) is 0 Å². The Bertz CT molecular complexity index is 150. The molecule has 1 saturated carbocycles. The Kier molecular flexibility index (Phi) is 2.24. The monoisotopic (exact) mass is 154 g/mol. The summed E-state index contributed by atoms with van der Waals surface area (Å²) in [4.78, 5) is 1.24. The van der Waals surface area contributed by atoms with Crippen LogP contribution < -0.4 is 0 Å². The summed E-state index contributed by atoms with van der Waals surface area (Å²) < 4.78 is 0. The third-order valence-corrected chi connectivity index (χ3v) is 2.89. The molecular formula is C9H14S. The van der Waals surface area contributed by atoms with E-state index in [1.165, 1.54) is 10.4 Å². The second-order valence-electron chi connectivity index (χ2n) is 3.33. The summed E-state index contributed by atoms with van der Waals surface area (Å²) in [6.07, 6.45) is 2.19. The van der Waals surface area contributed by atoms with Gasteiger partial charge >= 0.3 is 0 Å². The van der Waals surface area contributed by atoms with Crippen molar-refractivity contribution in [3.63, 3.8) is 0 Å². The van der Waals surface area contributed by atoms with Crippen LogP contribution in [-0.2, 0) is 0 Å². The highest BCUT2D eigenvalue weighted by Gasteiger charge is 2.21. The molecule has 0 saturated heterocycles. The topological polar surface area (TPSA) is 0 Å². The minimum Gasteiger partial charge on any atom is -0.0996 e. The summed E-state index contributed by atoms with van der Waals surface area (Å²) in [5, 5.41) is 0. The first-order valence-corrected chi connectivity index (χ1v) is 4.22. The maximum Gasteiger partial charge on any atom is -0.00343 e. The van der Waals surface area contributed by atoms with Crippen molar-refractivity contribution in [1.82, 2.24) is 0 Å². The molecule has 0 bridgehead atoms. The Balaban J connectivity index is 2.63. The molecule has 1 aliphatic rings. The highest BCUT2D eigenvalue weighted by atomic mass is 32.1. The predicted octanol–water partition coefficient (Wildman–Crippen LogP) is 2.98. The van der Waals surface area contributed by atoms with Crippen LogP contribution in [0, 0.1) is 11.8 Å². The SMILES string of the molecule is C=C1CC(C)C(=S)CC1C. The Morgan fingerprint density at radius 3 is 2.40 bits per heavy atom. The molecule has 56 valence electrons. The lowest BCUT2D eigenvalue weighted by molar-refractivity contribution is 0.577. The van der Waals surface area contributed by atoms with Crippen LogP contribution >= 0.6 is 12.2 Å². The fourth-order valence-electron chi connectivity index (χ4n) is 1.36. The fraction of sp³-hybridized carbons (Fsp3) is 0.667. The van der Waals surface area contributed by atoms with E-state index in [1.54, 1.807) is 0 Å². The maximum atomic E-state index is 5.22. The molecule has 0 radical (unpaired) electrons. The second-order valence-corrected chi connectivity index (χ2v) is 3.86. The van der Waals surface area contributed by atoms with Crippen LogP contribution in [0.15, 0.2) is 12.2 Å². The standard InChI is InChI=1S/C9H14S/c1-6-4-8(3)9(10)5-7(6)2/h7-8H,1,4-5H2,2-3H3. The molecule has 1 fully saturated rings. The summed E-state index contributed by atoms with van der Waals surface area (Å²) in [5.41, 5.74) is 1.38. The molecular weight excluding hydrogens is 140 g/mol. The fourth-order valence-corrected chi connectivity index (χ4v) is 1.69. The van der Waals surface area contributed by atoms with Gasteiger partial charge in [0.05, 0.1) is 0 Å². The molecule has 0 aliphatic heterocycles. The van der Waals surface area contributed by atoms with Gasteiger partial charge in [0.25, 0.3) is 0 Å². The van der Waals surface area contributed by atoms with Crippen LogP contribution in [0.1, 0.15) is 26.7 Å². The van der Waals surface area contributed by atoms with Gasteiger partial charge in [-0.05, 0) is 29.5 Å². The van der Waals surface area contributed by atoms with E-state index < -0.39 is 0 Å². The molecule has 1 heteroatoms. The van der Waals surface area contributed by atoms with Gasteiger partial charge in [-0.25, -0.2) is 0 Å². The lowest BCUT2D eigenvalue weighted by Gasteiger charge is -2.26. The molecule has 0 heterocycles. The maximum absolute atomic E-state index is 5.22. The van der Waals surface area contributed by atoms with E-state index in [9.17, 15) is 0 Å². The second kappa shape index (κ2) is 2.83. The van der Waals surface area contributed by atoms with Crippen LogP contribution in [0.2, 0.25) is 0 Å². The molecule has 0 aromatic carbocycles. The first kappa shape index (κ1) is 7.93. The number of hydrogen-bond donors (Lipinski definition) is 0. The van der Waals surface area contributed by atoms with E-state index in [2.05, 4.69) is 20.4 Å². The highest BCUT2D eigenvalue weighted by Crippen LogP contribution is 2.29. The zero-order valence-corrected chi connectivity index (χ0v) is 7.50. The van der Waals surface area contributed by atoms with Gasteiger partial charge in [0.2, 0.25) is 0 Å². The molecule has 2 atom stereocenters. The van der Waals surface area contributed by atoms with Crippen molar-refractivity contribution in [3.8, 4) is 0 Å².